The molecule has 0 aliphatic rings. The lowest BCUT2D eigenvalue weighted by molar-refractivity contribution is 0.544. The summed E-state index contributed by atoms with van der Waals surface area (Å²) in [5.41, 5.74) is 3.31. The van der Waals surface area contributed by atoms with Crippen molar-refractivity contribution in [2.75, 3.05) is 14.1 Å². The highest BCUT2D eigenvalue weighted by Crippen LogP contribution is 2.13. The van der Waals surface area contributed by atoms with Crippen molar-refractivity contribution in [3.8, 4) is 0 Å². The van der Waals surface area contributed by atoms with E-state index in [2.05, 4.69) is 32.6 Å². The molecule has 0 bridgehead atoms. The molecule has 0 heterocycles. The molecular formula is C13H25N. The highest BCUT2D eigenvalue weighted by Gasteiger charge is 2.01. The van der Waals surface area contributed by atoms with Crippen LogP contribution in [-0.2, 0) is 0 Å². The largest absolute Gasteiger partial charge is 0.377 e. The summed E-state index contributed by atoms with van der Waals surface area (Å²) in [5, 5.41) is 0. The van der Waals surface area contributed by atoms with Crippen LogP contribution in [0.3, 0.4) is 0 Å². The molecule has 0 aliphatic heterocycles. The van der Waals surface area contributed by atoms with Gasteiger partial charge in [-0.3, -0.25) is 0 Å². The smallest absolute Gasteiger partial charge is 0.0418 e. The van der Waals surface area contributed by atoms with Gasteiger partial charge < -0.3 is 4.90 Å². The molecule has 0 aromatic heterocycles. The van der Waals surface area contributed by atoms with Gasteiger partial charge in [-0.05, 0) is 11.5 Å². The van der Waals surface area contributed by atoms with Crippen molar-refractivity contribution >= 4 is 0 Å². The molecule has 82 valence electrons. The SMILES string of the molecule is CC.CN(C)C=C=C/C=C\C(C)(C)C. The van der Waals surface area contributed by atoms with Gasteiger partial charge in [-0.25, -0.2) is 0 Å². The summed E-state index contributed by atoms with van der Waals surface area (Å²) in [5.74, 6) is 0. The monoisotopic (exact) mass is 195 g/mol. The van der Waals surface area contributed by atoms with E-state index < -0.39 is 0 Å². The first kappa shape index (κ1) is 15.5. The Morgan fingerprint density at radius 2 is 1.57 bits per heavy atom. The van der Waals surface area contributed by atoms with Crippen LogP contribution in [0.5, 0.6) is 0 Å². The van der Waals surface area contributed by atoms with Crippen molar-refractivity contribution in [3.63, 3.8) is 0 Å². The highest BCUT2D eigenvalue weighted by atomic mass is 15.0. The Morgan fingerprint density at radius 3 is 1.93 bits per heavy atom. The maximum atomic E-state index is 3.05. The second-order valence-corrected chi connectivity index (χ2v) is 4.15. The van der Waals surface area contributed by atoms with Crippen LogP contribution in [-0.4, -0.2) is 19.0 Å². The standard InChI is InChI=1S/C11H19N.C2H6/c1-11(2,3)9-7-6-8-10-12(4)5;1-2/h6-7,9-10H,1-5H3;1-2H3/b9-7-;. The average molecular weight is 195 g/mol. The van der Waals surface area contributed by atoms with E-state index in [9.17, 15) is 0 Å². The van der Waals surface area contributed by atoms with Crippen molar-refractivity contribution in [2.45, 2.75) is 34.6 Å². The minimum atomic E-state index is 0.260. The van der Waals surface area contributed by atoms with Gasteiger partial charge >= 0.3 is 0 Å². The quantitative estimate of drug-likeness (QED) is 0.478. The van der Waals surface area contributed by atoms with E-state index in [4.69, 9.17) is 0 Å². The molecule has 0 aromatic carbocycles. The van der Waals surface area contributed by atoms with Crippen molar-refractivity contribution < 1.29 is 0 Å². The van der Waals surface area contributed by atoms with Gasteiger partial charge in [-0.2, -0.15) is 0 Å². The lowest BCUT2D eigenvalue weighted by Crippen LogP contribution is -1.98. The normalized spacial score (nSPS) is 9.93. The van der Waals surface area contributed by atoms with E-state index in [0.29, 0.717) is 0 Å². The lowest BCUT2D eigenvalue weighted by Gasteiger charge is -2.09. The maximum absolute atomic E-state index is 3.05. The van der Waals surface area contributed by atoms with Gasteiger partial charge in [-0.15, -0.1) is 5.73 Å². The Hall–Kier alpha value is -0.940. The predicted molar refractivity (Wildman–Crippen MR) is 66.3 cm³/mol. The molecule has 0 saturated carbocycles. The lowest BCUT2D eigenvalue weighted by atomic mass is 9.96. The summed E-state index contributed by atoms with van der Waals surface area (Å²) < 4.78 is 0. The third kappa shape index (κ3) is 17.2. The van der Waals surface area contributed by atoms with Gasteiger partial charge in [0, 0.05) is 20.3 Å². The fraction of sp³-hybridized carbons (Fsp3) is 0.615. The Labute approximate surface area is 89.8 Å². The second kappa shape index (κ2) is 8.65. The summed E-state index contributed by atoms with van der Waals surface area (Å²) in [7, 11) is 3.96. The summed E-state index contributed by atoms with van der Waals surface area (Å²) in [6.07, 6.45) is 8.00. The van der Waals surface area contributed by atoms with Crippen LogP contribution < -0.4 is 0 Å². The molecule has 0 radical (unpaired) electrons. The van der Waals surface area contributed by atoms with Gasteiger partial charge in [0.1, 0.15) is 0 Å². The maximum Gasteiger partial charge on any atom is 0.0418 e. The molecular weight excluding hydrogens is 170 g/mol. The Bertz CT molecular complexity index is 198. The summed E-state index contributed by atoms with van der Waals surface area (Å²) >= 11 is 0. The Kier molecular flexibility index (Phi) is 9.59. The molecule has 0 amide bonds. The third-order valence-electron chi connectivity index (χ3n) is 1.12. The molecule has 0 spiro atoms. The van der Waals surface area contributed by atoms with Gasteiger partial charge in [0.05, 0.1) is 0 Å². The van der Waals surface area contributed by atoms with Crippen LogP contribution in [0.1, 0.15) is 34.6 Å². The zero-order valence-electron chi connectivity index (χ0n) is 10.8. The fourth-order valence-electron chi connectivity index (χ4n) is 0.584. The average Bonchev–Trinajstić information content (AvgIpc) is 2.05. The van der Waals surface area contributed by atoms with E-state index in [0.717, 1.165) is 0 Å². The van der Waals surface area contributed by atoms with Crippen LogP contribution >= 0.6 is 0 Å². The highest BCUT2D eigenvalue weighted by molar-refractivity contribution is 5.05. The predicted octanol–water partition coefficient (Wildman–Crippen LogP) is 3.85. The van der Waals surface area contributed by atoms with Gasteiger partial charge in [0.15, 0.2) is 0 Å². The van der Waals surface area contributed by atoms with E-state index in [1.165, 1.54) is 0 Å². The van der Waals surface area contributed by atoms with Crippen LogP contribution in [0, 0.1) is 5.41 Å². The minimum absolute atomic E-state index is 0.260. The van der Waals surface area contributed by atoms with Crippen LogP contribution in [0.2, 0.25) is 0 Å². The second-order valence-electron chi connectivity index (χ2n) is 4.15. The Morgan fingerprint density at radius 1 is 1.07 bits per heavy atom. The fourth-order valence-corrected chi connectivity index (χ4v) is 0.584. The molecule has 0 fully saturated rings. The number of nitrogens with zero attached hydrogens (tertiary/aromatic N) is 1. The molecule has 1 nitrogen and oxygen atoms in total. The number of allylic oxidation sites excluding steroid dienone is 3. The molecule has 0 N–H and O–H groups in total. The van der Waals surface area contributed by atoms with Gasteiger partial charge in [0.25, 0.3) is 0 Å². The zero-order chi connectivity index (χ0) is 11.6. The van der Waals surface area contributed by atoms with Crippen LogP contribution in [0.25, 0.3) is 0 Å². The van der Waals surface area contributed by atoms with Crippen molar-refractivity contribution in [1.82, 2.24) is 4.90 Å². The topological polar surface area (TPSA) is 3.24 Å². The van der Waals surface area contributed by atoms with Crippen LogP contribution in [0.4, 0.5) is 0 Å². The summed E-state index contributed by atoms with van der Waals surface area (Å²) in [6, 6.07) is 0. The Balaban J connectivity index is 0. The number of rotatable bonds is 2. The number of hydrogen-bond acceptors (Lipinski definition) is 1. The first-order chi connectivity index (χ1) is 6.42. The van der Waals surface area contributed by atoms with E-state index >= 15 is 0 Å². The first-order valence-corrected chi connectivity index (χ1v) is 5.19. The third-order valence-corrected chi connectivity index (χ3v) is 1.12. The van der Waals surface area contributed by atoms with Crippen molar-refractivity contribution in [3.05, 3.63) is 30.2 Å². The van der Waals surface area contributed by atoms with Gasteiger partial charge in [0.2, 0.25) is 0 Å². The molecule has 0 atom stereocenters. The molecule has 0 unspecified atom stereocenters. The molecule has 1 heteroatoms. The molecule has 14 heavy (non-hydrogen) atoms. The first-order valence-electron chi connectivity index (χ1n) is 5.19. The molecule has 0 aromatic rings. The summed E-state index contributed by atoms with van der Waals surface area (Å²) in [4.78, 5) is 1.96. The van der Waals surface area contributed by atoms with Gasteiger partial charge in [-0.1, -0.05) is 46.8 Å². The van der Waals surface area contributed by atoms with Crippen molar-refractivity contribution in [1.29, 1.82) is 0 Å². The molecule has 0 rings (SSSR count). The number of hydrogen-bond donors (Lipinski definition) is 0. The molecule has 0 saturated heterocycles. The van der Waals surface area contributed by atoms with E-state index in [-0.39, 0.29) is 5.41 Å². The van der Waals surface area contributed by atoms with E-state index in [1.54, 1.807) is 0 Å². The van der Waals surface area contributed by atoms with Crippen LogP contribution in [0.15, 0.2) is 30.2 Å². The minimum Gasteiger partial charge on any atom is -0.377 e. The van der Waals surface area contributed by atoms with Crippen molar-refractivity contribution in [2.24, 2.45) is 5.41 Å². The summed E-state index contributed by atoms with van der Waals surface area (Å²) in [6.45, 7) is 10.5. The molecule has 0 aliphatic carbocycles. The zero-order valence-corrected chi connectivity index (χ0v) is 10.8. The van der Waals surface area contributed by atoms with E-state index in [1.807, 2.05) is 51.2 Å².